The first-order chi connectivity index (χ1) is 10.0. The van der Waals surface area contributed by atoms with E-state index in [-0.39, 0.29) is 6.54 Å². The van der Waals surface area contributed by atoms with Gasteiger partial charge in [0.05, 0.1) is 4.92 Å². The van der Waals surface area contributed by atoms with E-state index in [4.69, 9.17) is 0 Å². The zero-order valence-electron chi connectivity index (χ0n) is 10.8. The summed E-state index contributed by atoms with van der Waals surface area (Å²) in [6, 6.07) is 4.97. The second kappa shape index (κ2) is 6.12. The van der Waals surface area contributed by atoms with Crippen molar-refractivity contribution >= 4 is 11.6 Å². The molecule has 2 rings (SSSR count). The van der Waals surface area contributed by atoms with E-state index < -0.39 is 33.7 Å². The fourth-order valence-corrected chi connectivity index (χ4v) is 1.80. The van der Waals surface area contributed by atoms with Crippen molar-refractivity contribution in [1.29, 1.82) is 0 Å². The summed E-state index contributed by atoms with van der Waals surface area (Å²) in [6.07, 6.45) is 3.53. The van der Waals surface area contributed by atoms with Crippen molar-refractivity contribution in [3.05, 3.63) is 64.0 Å². The molecule has 0 aliphatic carbocycles. The van der Waals surface area contributed by atoms with Crippen LogP contribution < -0.4 is 5.32 Å². The van der Waals surface area contributed by atoms with Gasteiger partial charge in [0.15, 0.2) is 0 Å². The highest BCUT2D eigenvalue weighted by molar-refractivity contribution is 5.95. The van der Waals surface area contributed by atoms with Crippen LogP contribution >= 0.6 is 0 Å². The summed E-state index contributed by atoms with van der Waals surface area (Å²) < 4.78 is 29.1. The van der Waals surface area contributed by atoms with Crippen LogP contribution in [0.25, 0.3) is 0 Å². The van der Waals surface area contributed by atoms with Crippen molar-refractivity contribution in [1.82, 2.24) is 9.88 Å². The summed E-state index contributed by atoms with van der Waals surface area (Å²) >= 11 is 0. The zero-order chi connectivity index (χ0) is 15.4. The number of benzene rings is 1. The molecule has 0 saturated heterocycles. The Hall–Kier alpha value is -2.77. The van der Waals surface area contributed by atoms with E-state index in [0.29, 0.717) is 18.7 Å². The molecule has 110 valence electrons. The van der Waals surface area contributed by atoms with Gasteiger partial charge in [0.2, 0.25) is 5.82 Å². The molecule has 0 spiro atoms. The lowest BCUT2D eigenvalue weighted by molar-refractivity contribution is -0.387. The molecule has 0 saturated carbocycles. The molecule has 0 bridgehead atoms. The molecule has 8 heteroatoms. The smallest absolute Gasteiger partial charge is 0.305 e. The highest BCUT2D eigenvalue weighted by Gasteiger charge is 2.25. The minimum atomic E-state index is -1.47. The van der Waals surface area contributed by atoms with Gasteiger partial charge in [-0.05, 0) is 18.2 Å². The quantitative estimate of drug-likeness (QED) is 0.678. The molecule has 1 aromatic heterocycles. The number of nitrogens with zero attached hydrogens (tertiary/aromatic N) is 2. The molecule has 1 heterocycles. The normalized spacial score (nSPS) is 10.4. The third kappa shape index (κ3) is 3.22. The van der Waals surface area contributed by atoms with Crippen molar-refractivity contribution in [3.8, 4) is 0 Å². The number of halogens is 2. The van der Waals surface area contributed by atoms with Gasteiger partial charge in [-0.2, -0.15) is 4.39 Å². The molecule has 0 radical (unpaired) electrons. The Balaban J connectivity index is 2.11. The molecular formula is C13H11F2N3O3. The number of carbonyl (C=O) groups is 1. The van der Waals surface area contributed by atoms with Crippen LogP contribution in [-0.2, 0) is 6.54 Å². The Labute approximate surface area is 118 Å². The summed E-state index contributed by atoms with van der Waals surface area (Å²) in [5.74, 6) is -3.64. The standard InChI is InChI=1S/C13H11F2N3O3/c14-9-3-4-10(18(20)21)12(15)11(9)13(19)16-5-8-17-6-1-2-7-17/h1-4,6-7H,5,8H2,(H,16,19). The summed E-state index contributed by atoms with van der Waals surface area (Å²) in [5, 5.41) is 12.9. The predicted molar refractivity (Wildman–Crippen MR) is 69.8 cm³/mol. The molecule has 0 atom stereocenters. The zero-order valence-corrected chi connectivity index (χ0v) is 10.8. The van der Waals surface area contributed by atoms with Gasteiger partial charge >= 0.3 is 5.69 Å². The number of nitrogens with one attached hydrogen (secondary N) is 1. The molecule has 0 aliphatic heterocycles. The molecular weight excluding hydrogens is 284 g/mol. The van der Waals surface area contributed by atoms with E-state index in [9.17, 15) is 23.7 Å². The second-order valence-electron chi connectivity index (χ2n) is 4.19. The maximum atomic E-state index is 13.8. The lowest BCUT2D eigenvalue weighted by Gasteiger charge is -2.08. The van der Waals surface area contributed by atoms with Crippen molar-refractivity contribution in [2.75, 3.05) is 6.54 Å². The van der Waals surface area contributed by atoms with Crippen LogP contribution in [0.2, 0.25) is 0 Å². The van der Waals surface area contributed by atoms with Crippen LogP contribution in [0.4, 0.5) is 14.5 Å². The summed E-state index contributed by atoms with van der Waals surface area (Å²) in [5.41, 5.74) is -1.89. The molecule has 1 aromatic carbocycles. The third-order valence-electron chi connectivity index (χ3n) is 2.82. The Morgan fingerprint density at radius 1 is 1.29 bits per heavy atom. The largest absolute Gasteiger partial charge is 0.353 e. The number of aromatic nitrogens is 1. The van der Waals surface area contributed by atoms with Crippen LogP contribution in [0.5, 0.6) is 0 Å². The Bertz CT molecular complexity index is 672. The summed E-state index contributed by atoms with van der Waals surface area (Å²) in [7, 11) is 0. The molecule has 1 N–H and O–H groups in total. The van der Waals surface area contributed by atoms with Gasteiger partial charge in [0, 0.05) is 31.5 Å². The number of nitro groups is 1. The molecule has 0 aliphatic rings. The van der Waals surface area contributed by atoms with Crippen molar-refractivity contribution in [2.24, 2.45) is 0 Å². The maximum Gasteiger partial charge on any atom is 0.305 e. The highest BCUT2D eigenvalue weighted by atomic mass is 19.1. The number of nitro benzene ring substituents is 1. The van der Waals surface area contributed by atoms with E-state index in [2.05, 4.69) is 5.32 Å². The topological polar surface area (TPSA) is 77.2 Å². The van der Waals surface area contributed by atoms with Crippen LogP contribution in [0.3, 0.4) is 0 Å². The Kier molecular flexibility index (Phi) is 4.27. The first-order valence-electron chi connectivity index (χ1n) is 6.02. The van der Waals surface area contributed by atoms with Gasteiger partial charge in [0.25, 0.3) is 5.91 Å². The average molecular weight is 295 g/mol. The van der Waals surface area contributed by atoms with Crippen LogP contribution in [0, 0.1) is 21.7 Å². The van der Waals surface area contributed by atoms with Crippen LogP contribution in [0.1, 0.15) is 10.4 Å². The minimum absolute atomic E-state index is 0.134. The number of rotatable bonds is 5. The summed E-state index contributed by atoms with van der Waals surface area (Å²) in [4.78, 5) is 21.3. The van der Waals surface area contributed by atoms with Crippen molar-refractivity contribution in [2.45, 2.75) is 6.54 Å². The molecule has 1 amide bonds. The van der Waals surface area contributed by atoms with Crippen molar-refractivity contribution in [3.63, 3.8) is 0 Å². The van der Waals surface area contributed by atoms with Gasteiger partial charge in [-0.3, -0.25) is 14.9 Å². The predicted octanol–water partition coefficient (Wildman–Crippen LogP) is 2.10. The number of carbonyl (C=O) groups excluding carboxylic acids is 1. The van der Waals surface area contributed by atoms with E-state index in [1.165, 1.54) is 0 Å². The fourth-order valence-electron chi connectivity index (χ4n) is 1.80. The summed E-state index contributed by atoms with van der Waals surface area (Å²) in [6.45, 7) is 0.548. The van der Waals surface area contributed by atoms with Crippen LogP contribution in [-0.4, -0.2) is 21.9 Å². The fraction of sp³-hybridized carbons (Fsp3) is 0.154. The lowest BCUT2D eigenvalue weighted by Crippen LogP contribution is -2.28. The van der Waals surface area contributed by atoms with E-state index in [1.54, 1.807) is 29.1 Å². The molecule has 21 heavy (non-hydrogen) atoms. The van der Waals surface area contributed by atoms with Gasteiger partial charge in [-0.1, -0.05) is 0 Å². The van der Waals surface area contributed by atoms with E-state index in [1.807, 2.05) is 0 Å². The van der Waals surface area contributed by atoms with Crippen LogP contribution in [0.15, 0.2) is 36.7 Å². The number of hydrogen-bond acceptors (Lipinski definition) is 3. The first-order valence-corrected chi connectivity index (χ1v) is 6.02. The molecule has 0 fully saturated rings. The monoisotopic (exact) mass is 295 g/mol. The molecule has 0 unspecified atom stereocenters. The van der Waals surface area contributed by atoms with Gasteiger partial charge in [-0.15, -0.1) is 0 Å². The maximum absolute atomic E-state index is 13.8. The first kappa shape index (κ1) is 14.6. The van der Waals surface area contributed by atoms with Gasteiger partial charge < -0.3 is 9.88 Å². The van der Waals surface area contributed by atoms with Gasteiger partial charge in [-0.25, -0.2) is 4.39 Å². The van der Waals surface area contributed by atoms with E-state index >= 15 is 0 Å². The number of hydrogen-bond donors (Lipinski definition) is 1. The number of amides is 1. The SMILES string of the molecule is O=C(NCCn1cccc1)c1c(F)ccc([N+](=O)[O-])c1F. The Morgan fingerprint density at radius 3 is 2.57 bits per heavy atom. The Morgan fingerprint density at radius 2 is 1.95 bits per heavy atom. The van der Waals surface area contributed by atoms with E-state index in [0.717, 1.165) is 0 Å². The second-order valence-corrected chi connectivity index (χ2v) is 4.19. The molecule has 2 aromatic rings. The van der Waals surface area contributed by atoms with Gasteiger partial charge in [0.1, 0.15) is 11.4 Å². The third-order valence-corrected chi connectivity index (χ3v) is 2.82. The average Bonchev–Trinajstić information content (AvgIpc) is 2.91. The molecule has 6 nitrogen and oxygen atoms in total. The highest BCUT2D eigenvalue weighted by Crippen LogP contribution is 2.22. The van der Waals surface area contributed by atoms with Crippen molar-refractivity contribution < 1.29 is 18.5 Å². The minimum Gasteiger partial charge on any atom is -0.353 e. The lowest BCUT2D eigenvalue weighted by atomic mass is 10.1.